The molecule has 2 rings (SSSR count). The van der Waals surface area contributed by atoms with Crippen molar-refractivity contribution >= 4 is 40.7 Å². The first-order valence-corrected chi connectivity index (χ1v) is 7.12. The largest absolute Gasteiger partial charge is 0.458 e. The molecule has 0 fully saturated rings. The molecule has 0 aromatic carbocycles. The normalized spacial score (nSPS) is 15.3. The van der Waals surface area contributed by atoms with Crippen LogP contribution in [0.4, 0.5) is 0 Å². The van der Waals surface area contributed by atoms with Gasteiger partial charge in [-0.2, -0.15) is 11.3 Å². The molecule has 0 radical (unpaired) electrons. The van der Waals surface area contributed by atoms with Crippen LogP contribution in [0, 0.1) is 0 Å². The van der Waals surface area contributed by atoms with E-state index >= 15 is 0 Å². The maximum atomic E-state index is 11.8. The van der Waals surface area contributed by atoms with Crippen molar-refractivity contribution in [1.82, 2.24) is 10.6 Å². The number of hydrogen-bond acceptors (Lipinski definition) is 4. The summed E-state index contributed by atoms with van der Waals surface area (Å²) in [6.07, 6.45) is 3.75. The number of rotatable bonds is 4. The second-order valence-corrected chi connectivity index (χ2v) is 5.16. The third-order valence-corrected chi connectivity index (χ3v) is 3.54. The zero-order valence-corrected chi connectivity index (χ0v) is 12.1. The molecule has 0 spiro atoms. The lowest BCUT2D eigenvalue weighted by Crippen LogP contribution is -2.42. The Kier molecular flexibility index (Phi) is 4.70. The van der Waals surface area contributed by atoms with Gasteiger partial charge in [-0.1, -0.05) is 6.08 Å². The Morgan fingerprint density at radius 3 is 3.16 bits per heavy atom. The second kappa shape index (κ2) is 6.49. The van der Waals surface area contributed by atoms with Crippen LogP contribution in [-0.2, 0) is 9.53 Å². The lowest BCUT2D eigenvalue weighted by Gasteiger charge is -2.20. The van der Waals surface area contributed by atoms with E-state index in [0.717, 1.165) is 11.3 Å². The minimum atomic E-state index is -0.324. The minimum absolute atomic E-state index is 0.260. The van der Waals surface area contributed by atoms with Crippen molar-refractivity contribution in [3.05, 3.63) is 39.7 Å². The number of ether oxygens (including phenoxy) is 1. The average molecular weight is 294 g/mol. The summed E-state index contributed by atoms with van der Waals surface area (Å²) in [4.78, 5) is 11.8. The number of thiophene rings is 1. The summed E-state index contributed by atoms with van der Waals surface area (Å²) >= 11 is 6.59. The molecule has 4 nitrogen and oxygen atoms in total. The van der Waals surface area contributed by atoms with Gasteiger partial charge in [0.05, 0.1) is 12.1 Å². The standard InChI is InChI=1S/C13H14N2O2S2/c1-9-11(7-14-13(18)15-9)12(16)17-5-2-3-10-4-6-19-8-10/h2-4,6,8H,5,7H2,1H3,(H2,14,15,18). The zero-order valence-electron chi connectivity index (χ0n) is 10.4. The first kappa shape index (κ1) is 13.8. The fourth-order valence-electron chi connectivity index (χ4n) is 1.58. The molecule has 1 aromatic heterocycles. The number of hydrogen-bond donors (Lipinski definition) is 2. The molecule has 2 heterocycles. The number of allylic oxidation sites excluding steroid dienone is 1. The van der Waals surface area contributed by atoms with E-state index in [9.17, 15) is 4.79 Å². The number of carbonyl (C=O) groups is 1. The predicted molar refractivity (Wildman–Crippen MR) is 80.7 cm³/mol. The third-order valence-electron chi connectivity index (χ3n) is 2.59. The van der Waals surface area contributed by atoms with Gasteiger partial charge in [0.25, 0.3) is 0 Å². The van der Waals surface area contributed by atoms with Crippen molar-refractivity contribution < 1.29 is 9.53 Å². The summed E-state index contributed by atoms with van der Waals surface area (Å²) in [7, 11) is 0. The van der Waals surface area contributed by atoms with E-state index in [1.807, 2.05) is 35.9 Å². The molecular formula is C13H14N2O2S2. The molecule has 1 aromatic rings. The van der Waals surface area contributed by atoms with Crippen molar-refractivity contribution in [3.8, 4) is 0 Å². The Balaban J connectivity index is 1.85. The fourth-order valence-corrected chi connectivity index (χ4v) is 2.44. The molecule has 0 aliphatic carbocycles. The van der Waals surface area contributed by atoms with Crippen LogP contribution in [0.5, 0.6) is 0 Å². The maximum absolute atomic E-state index is 11.8. The summed E-state index contributed by atoms with van der Waals surface area (Å²) in [6.45, 7) is 2.48. The summed E-state index contributed by atoms with van der Waals surface area (Å²) in [6, 6.07) is 2.01. The summed E-state index contributed by atoms with van der Waals surface area (Å²) < 4.78 is 5.18. The lowest BCUT2D eigenvalue weighted by atomic mass is 10.2. The predicted octanol–water partition coefficient (Wildman–Crippen LogP) is 2.06. The minimum Gasteiger partial charge on any atom is -0.458 e. The van der Waals surface area contributed by atoms with Gasteiger partial charge in [0.2, 0.25) is 0 Å². The highest BCUT2D eigenvalue weighted by atomic mass is 32.1. The van der Waals surface area contributed by atoms with Gasteiger partial charge in [0.1, 0.15) is 6.61 Å². The van der Waals surface area contributed by atoms with E-state index in [4.69, 9.17) is 17.0 Å². The Morgan fingerprint density at radius 2 is 2.47 bits per heavy atom. The van der Waals surface area contributed by atoms with Crippen molar-refractivity contribution in [2.24, 2.45) is 0 Å². The molecule has 0 bridgehead atoms. The highest BCUT2D eigenvalue weighted by Gasteiger charge is 2.18. The van der Waals surface area contributed by atoms with Gasteiger partial charge in [-0.05, 0) is 47.6 Å². The van der Waals surface area contributed by atoms with E-state index in [-0.39, 0.29) is 12.6 Å². The van der Waals surface area contributed by atoms with Crippen LogP contribution in [0.1, 0.15) is 12.5 Å². The van der Waals surface area contributed by atoms with Crippen LogP contribution >= 0.6 is 23.6 Å². The van der Waals surface area contributed by atoms with Crippen molar-refractivity contribution in [2.75, 3.05) is 13.2 Å². The van der Waals surface area contributed by atoms with Crippen LogP contribution < -0.4 is 10.6 Å². The van der Waals surface area contributed by atoms with E-state index in [1.54, 1.807) is 11.3 Å². The first-order chi connectivity index (χ1) is 9.16. The van der Waals surface area contributed by atoms with Gasteiger partial charge in [-0.15, -0.1) is 0 Å². The third kappa shape index (κ3) is 3.90. The van der Waals surface area contributed by atoms with Crippen LogP contribution in [0.15, 0.2) is 34.2 Å². The van der Waals surface area contributed by atoms with Gasteiger partial charge in [-0.25, -0.2) is 4.79 Å². The maximum Gasteiger partial charge on any atom is 0.337 e. The van der Waals surface area contributed by atoms with Crippen LogP contribution in [0.2, 0.25) is 0 Å². The summed E-state index contributed by atoms with van der Waals surface area (Å²) in [5.74, 6) is -0.324. The van der Waals surface area contributed by atoms with E-state index < -0.39 is 0 Å². The molecule has 2 N–H and O–H groups in total. The number of carbonyl (C=O) groups excluding carboxylic acids is 1. The smallest absolute Gasteiger partial charge is 0.337 e. The van der Waals surface area contributed by atoms with E-state index in [2.05, 4.69) is 10.6 Å². The first-order valence-electron chi connectivity index (χ1n) is 5.77. The Hall–Kier alpha value is -1.66. The molecule has 1 aliphatic heterocycles. The number of esters is 1. The number of nitrogens with one attached hydrogen (secondary N) is 2. The van der Waals surface area contributed by atoms with Crippen molar-refractivity contribution in [1.29, 1.82) is 0 Å². The van der Waals surface area contributed by atoms with E-state index in [0.29, 0.717) is 17.2 Å². The Morgan fingerprint density at radius 1 is 1.63 bits per heavy atom. The van der Waals surface area contributed by atoms with Gasteiger partial charge in [-0.3, -0.25) is 0 Å². The topological polar surface area (TPSA) is 50.4 Å². The molecule has 1 aliphatic rings. The molecular weight excluding hydrogens is 280 g/mol. The quantitative estimate of drug-likeness (QED) is 0.657. The van der Waals surface area contributed by atoms with Gasteiger partial charge < -0.3 is 15.4 Å². The monoisotopic (exact) mass is 294 g/mol. The highest BCUT2D eigenvalue weighted by molar-refractivity contribution is 7.80. The van der Waals surface area contributed by atoms with Crippen LogP contribution in [-0.4, -0.2) is 24.2 Å². The Bertz CT molecular complexity index is 533. The molecule has 0 amide bonds. The SMILES string of the molecule is CC1=C(C(=O)OCC=Cc2ccsc2)CNC(=S)N1. The molecule has 0 saturated carbocycles. The van der Waals surface area contributed by atoms with Gasteiger partial charge in [0, 0.05) is 5.70 Å². The number of thiocarbonyl (C=S) groups is 1. The molecule has 0 saturated heterocycles. The van der Waals surface area contributed by atoms with Crippen molar-refractivity contribution in [3.63, 3.8) is 0 Å². The molecule has 100 valence electrons. The Labute approximate surface area is 121 Å². The van der Waals surface area contributed by atoms with Crippen LogP contribution in [0.25, 0.3) is 6.08 Å². The molecule has 19 heavy (non-hydrogen) atoms. The van der Waals surface area contributed by atoms with E-state index in [1.165, 1.54) is 0 Å². The van der Waals surface area contributed by atoms with Gasteiger partial charge >= 0.3 is 5.97 Å². The lowest BCUT2D eigenvalue weighted by molar-refractivity contribution is -0.137. The molecule has 0 unspecified atom stereocenters. The molecule has 0 atom stereocenters. The zero-order chi connectivity index (χ0) is 13.7. The van der Waals surface area contributed by atoms with Crippen molar-refractivity contribution in [2.45, 2.75) is 6.92 Å². The molecule has 6 heteroatoms. The fraction of sp³-hybridized carbons (Fsp3) is 0.231. The second-order valence-electron chi connectivity index (χ2n) is 3.97. The average Bonchev–Trinajstić information content (AvgIpc) is 2.87. The van der Waals surface area contributed by atoms with Gasteiger partial charge in [0.15, 0.2) is 5.11 Å². The summed E-state index contributed by atoms with van der Waals surface area (Å²) in [5, 5.41) is 10.4. The van der Waals surface area contributed by atoms with Crippen LogP contribution in [0.3, 0.4) is 0 Å². The summed E-state index contributed by atoms with van der Waals surface area (Å²) in [5.41, 5.74) is 2.44. The highest BCUT2D eigenvalue weighted by Crippen LogP contribution is 2.09.